The van der Waals surface area contributed by atoms with Crippen LogP contribution in [0.4, 0.5) is 0 Å². The molecule has 1 fully saturated rings. The SMILES string of the molecule is Cc1ccc(S(=O)(=O)N2CCCCC2)cc1C(=O)N(C)CC(C)(C)CN.Cl. The highest BCUT2D eigenvalue weighted by Crippen LogP contribution is 2.24. The molecule has 1 amide bonds. The van der Waals surface area contributed by atoms with Gasteiger partial charge in [0.05, 0.1) is 4.90 Å². The van der Waals surface area contributed by atoms with Gasteiger partial charge in [-0.05, 0) is 49.4 Å². The van der Waals surface area contributed by atoms with E-state index in [4.69, 9.17) is 5.73 Å². The quantitative estimate of drug-likeness (QED) is 0.771. The number of aryl methyl sites for hydroxylation is 1. The van der Waals surface area contributed by atoms with Crippen LogP contribution in [-0.4, -0.2) is 56.8 Å². The van der Waals surface area contributed by atoms with Gasteiger partial charge < -0.3 is 10.6 Å². The van der Waals surface area contributed by atoms with Crippen LogP contribution in [0, 0.1) is 12.3 Å². The third-order valence-corrected chi connectivity index (χ3v) is 6.85. The highest BCUT2D eigenvalue weighted by Gasteiger charge is 2.28. The molecular weight excluding hydrogens is 386 g/mol. The summed E-state index contributed by atoms with van der Waals surface area (Å²) in [7, 11) is -1.83. The van der Waals surface area contributed by atoms with Gasteiger partial charge in [0.1, 0.15) is 0 Å². The fourth-order valence-corrected chi connectivity index (χ4v) is 4.77. The summed E-state index contributed by atoms with van der Waals surface area (Å²) >= 11 is 0. The fourth-order valence-electron chi connectivity index (χ4n) is 3.23. The highest BCUT2D eigenvalue weighted by atomic mass is 35.5. The molecule has 0 spiro atoms. The number of carbonyl (C=O) groups is 1. The maximum absolute atomic E-state index is 12.9. The summed E-state index contributed by atoms with van der Waals surface area (Å²) in [4.78, 5) is 14.7. The Morgan fingerprint density at radius 2 is 1.81 bits per heavy atom. The van der Waals surface area contributed by atoms with Crippen LogP contribution in [0.3, 0.4) is 0 Å². The van der Waals surface area contributed by atoms with E-state index in [1.54, 1.807) is 24.1 Å². The minimum atomic E-state index is -3.56. The van der Waals surface area contributed by atoms with Crippen molar-refractivity contribution < 1.29 is 13.2 Å². The predicted octanol–water partition coefficient (Wildman–Crippen LogP) is 2.65. The van der Waals surface area contributed by atoms with Crippen LogP contribution in [0.15, 0.2) is 23.1 Å². The first-order valence-electron chi connectivity index (χ1n) is 9.15. The Morgan fingerprint density at radius 3 is 2.37 bits per heavy atom. The van der Waals surface area contributed by atoms with Crippen molar-refractivity contribution >= 4 is 28.3 Å². The number of hydrogen-bond acceptors (Lipinski definition) is 4. The van der Waals surface area contributed by atoms with Crippen LogP contribution < -0.4 is 5.73 Å². The Kier molecular flexibility index (Phi) is 8.29. The Labute approximate surface area is 169 Å². The Bertz CT molecular complexity index is 759. The average molecular weight is 418 g/mol. The van der Waals surface area contributed by atoms with Crippen molar-refractivity contribution in [2.45, 2.75) is 44.9 Å². The summed E-state index contributed by atoms with van der Waals surface area (Å²) < 4.78 is 27.3. The molecule has 1 aromatic carbocycles. The lowest BCUT2D eigenvalue weighted by Crippen LogP contribution is -2.40. The lowest BCUT2D eigenvalue weighted by atomic mass is 9.93. The summed E-state index contributed by atoms with van der Waals surface area (Å²) in [5, 5.41) is 0. The zero-order chi connectivity index (χ0) is 19.5. The van der Waals surface area contributed by atoms with E-state index in [9.17, 15) is 13.2 Å². The number of rotatable bonds is 6. The normalized spacial score (nSPS) is 15.9. The molecule has 1 aliphatic heterocycles. The van der Waals surface area contributed by atoms with Gasteiger partial charge in [0, 0.05) is 32.2 Å². The predicted molar refractivity (Wildman–Crippen MR) is 111 cm³/mol. The molecule has 0 aliphatic carbocycles. The number of nitrogens with zero attached hydrogens (tertiary/aromatic N) is 2. The maximum atomic E-state index is 12.9. The van der Waals surface area contributed by atoms with Gasteiger partial charge in [-0.2, -0.15) is 4.31 Å². The van der Waals surface area contributed by atoms with Crippen molar-refractivity contribution in [3.8, 4) is 0 Å². The zero-order valence-electron chi connectivity index (χ0n) is 16.7. The number of halogens is 1. The molecule has 0 unspecified atom stereocenters. The van der Waals surface area contributed by atoms with E-state index in [1.807, 2.05) is 20.8 Å². The first-order valence-corrected chi connectivity index (χ1v) is 10.6. The second-order valence-electron chi connectivity index (χ2n) is 7.97. The van der Waals surface area contributed by atoms with Gasteiger partial charge >= 0.3 is 0 Å². The molecule has 8 heteroatoms. The molecule has 1 aliphatic rings. The highest BCUT2D eigenvalue weighted by molar-refractivity contribution is 7.89. The van der Waals surface area contributed by atoms with Crippen LogP contribution in [-0.2, 0) is 10.0 Å². The number of nitrogens with two attached hydrogens (primary N) is 1. The summed E-state index contributed by atoms with van der Waals surface area (Å²) in [6, 6.07) is 4.83. The second-order valence-corrected chi connectivity index (χ2v) is 9.91. The lowest BCUT2D eigenvalue weighted by molar-refractivity contribution is 0.0739. The standard InChI is InChI=1S/C19H31N3O3S.ClH/c1-15-8-9-16(26(24,25)22-10-6-5-7-11-22)12-17(15)18(23)21(4)14-19(2,3)13-20;/h8-9,12H,5-7,10-11,13-14,20H2,1-4H3;1H. The first kappa shape index (κ1) is 23.9. The third-order valence-electron chi connectivity index (χ3n) is 4.96. The van der Waals surface area contributed by atoms with Gasteiger partial charge in [-0.25, -0.2) is 8.42 Å². The molecule has 27 heavy (non-hydrogen) atoms. The Balaban J connectivity index is 0.00000364. The van der Waals surface area contributed by atoms with Crippen molar-refractivity contribution in [1.82, 2.24) is 9.21 Å². The van der Waals surface area contributed by atoms with Crippen LogP contribution in [0.1, 0.15) is 49.0 Å². The molecule has 6 nitrogen and oxygen atoms in total. The second kappa shape index (κ2) is 9.37. The van der Waals surface area contributed by atoms with Gasteiger partial charge in [-0.15, -0.1) is 12.4 Å². The minimum absolute atomic E-state index is 0. The van der Waals surface area contributed by atoms with E-state index in [1.165, 1.54) is 10.4 Å². The van der Waals surface area contributed by atoms with Crippen LogP contribution in [0.5, 0.6) is 0 Å². The summed E-state index contributed by atoms with van der Waals surface area (Å²) in [5.41, 5.74) is 6.76. The van der Waals surface area contributed by atoms with Crippen molar-refractivity contribution in [2.75, 3.05) is 33.2 Å². The van der Waals surface area contributed by atoms with Crippen LogP contribution in [0.2, 0.25) is 0 Å². The van der Waals surface area contributed by atoms with Gasteiger partial charge in [0.25, 0.3) is 5.91 Å². The summed E-state index contributed by atoms with van der Waals surface area (Å²) in [6.45, 7) is 7.89. The molecule has 2 rings (SSSR count). The van der Waals surface area contributed by atoms with Crippen molar-refractivity contribution in [2.24, 2.45) is 11.1 Å². The topological polar surface area (TPSA) is 83.7 Å². The van der Waals surface area contributed by atoms with Gasteiger partial charge in [-0.3, -0.25) is 4.79 Å². The molecule has 1 aromatic rings. The molecule has 2 N–H and O–H groups in total. The van der Waals surface area contributed by atoms with Gasteiger partial charge in [-0.1, -0.05) is 26.3 Å². The van der Waals surface area contributed by atoms with E-state index in [-0.39, 0.29) is 28.6 Å². The van der Waals surface area contributed by atoms with E-state index in [2.05, 4.69) is 0 Å². The maximum Gasteiger partial charge on any atom is 0.253 e. The lowest BCUT2D eigenvalue weighted by Gasteiger charge is -2.30. The Hall–Kier alpha value is -1.15. The molecule has 154 valence electrons. The van der Waals surface area contributed by atoms with E-state index >= 15 is 0 Å². The largest absolute Gasteiger partial charge is 0.341 e. The molecular formula is C19H32ClN3O3S. The number of piperidine rings is 1. The van der Waals surface area contributed by atoms with Crippen molar-refractivity contribution in [3.63, 3.8) is 0 Å². The molecule has 0 atom stereocenters. The number of carbonyl (C=O) groups excluding carboxylic acids is 1. The van der Waals surface area contributed by atoms with E-state index in [0.29, 0.717) is 31.7 Å². The molecule has 0 bridgehead atoms. The van der Waals surface area contributed by atoms with E-state index < -0.39 is 10.0 Å². The van der Waals surface area contributed by atoms with Gasteiger partial charge in [0.2, 0.25) is 10.0 Å². The smallest absolute Gasteiger partial charge is 0.253 e. The average Bonchev–Trinajstić information content (AvgIpc) is 2.61. The monoisotopic (exact) mass is 417 g/mol. The van der Waals surface area contributed by atoms with E-state index in [0.717, 1.165) is 24.8 Å². The fraction of sp³-hybridized carbons (Fsp3) is 0.632. The summed E-state index contributed by atoms with van der Waals surface area (Å²) in [5.74, 6) is -0.181. The Morgan fingerprint density at radius 1 is 1.22 bits per heavy atom. The minimum Gasteiger partial charge on any atom is -0.341 e. The number of amides is 1. The van der Waals surface area contributed by atoms with Crippen LogP contribution in [0.25, 0.3) is 0 Å². The van der Waals surface area contributed by atoms with Crippen LogP contribution >= 0.6 is 12.4 Å². The molecule has 1 saturated heterocycles. The number of hydrogen-bond donors (Lipinski definition) is 1. The molecule has 0 aromatic heterocycles. The first-order chi connectivity index (χ1) is 12.1. The van der Waals surface area contributed by atoms with Gasteiger partial charge in [0.15, 0.2) is 0 Å². The molecule has 1 heterocycles. The molecule has 0 saturated carbocycles. The molecule has 0 radical (unpaired) electrons. The summed E-state index contributed by atoms with van der Waals surface area (Å²) in [6.07, 6.45) is 2.83. The zero-order valence-corrected chi connectivity index (χ0v) is 18.3. The van der Waals surface area contributed by atoms with Crippen molar-refractivity contribution in [3.05, 3.63) is 29.3 Å². The third kappa shape index (κ3) is 5.67. The van der Waals surface area contributed by atoms with Crippen molar-refractivity contribution in [1.29, 1.82) is 0 Å². The number of benzene rings is 1. The number of sulfonamides is 1.